The number of fused-ring (bicyclic) bond motifs is 4. The summed E-state index contributed by atoms with van der Waals surface area (Å²) in [6.45, 7) is 0. The molecule has 0 unspecified atom stereocenters. The predicted molar refractivity (Wildman–Crippen MR) is 173 cm³/mol. The zero-order valence-electron chi connectivity index (χ0n) is 22.3. The van der Waals surface area contributed by atoms with E-state index in [1.807, 2.05) is 48.7 Å². The van der Waals surface area contributed by atoms with Crippen LogP contribution in [0.3, 0.4) is 0 Å². The third-order valence-electron chi connectivity index (χ3n) is 7.71. The maximum atomic E-state index is 9.25. The molecule has 196 valence electrons. The molecule has 41 heavy (non-hydrogen) atoms. The fraction of sp³-hybridized carbons (Fsp3) is 0.0556. The topological polar surface area (TPSA) is 78.6 Å². The van der Waals surface area contributed by atoms with Crippen LogP contribution in [0, 0.1) is 16.7 Å². The van der Waals surface area contributed by atoms with Crippen LogP contribution in [0.4, 0.5) is 0 Å². The second kappa shape index (κ2) is 10.1. The van der Waals surface area contributed by atoms with Crippen LogP contribution in [0.1, 0.15) is 35.1 Å². The van der Waals surface area contributed by atoms with Crippen LogP contribution < -0.4 is 5.73 Å². The van der Waals surface area contributed by atoms with Crippen molar-refractivity contribution < 1.29 is 0 Å². The Labute approximate surface area is 242 Å². The van der Waals surface area contributed by atoms with Gasteiger partial charge in [-0.05, 0) is 90.2 Å². The fourth-order valence-corrected chi connectivity index (χ4v) is 6.59. The highest BCUT2D eigenvalue weighted by Crippen LogP contribution is 2.36. The lowest BCUT2D eigenvalue weighted by Crippen LogP contribution is -2.02. The van der Waals surface area contributed by atoms with Crippen LogP contribution >= 0.6 is 11.3 Å². The molecule has 2 heterocycles. The van der Waals surface area contributed by atoms with Gasteiger partial charge in [0.25, 0.3) is 0 Å². The van der Waals surface area contributed by atoms with Crippen molar-refractivity contribution in [2.75, 3.05) is 0 Å². The molecule has 3 N–H and O–H groups in total. The molecule has 0 spiro atoms. The molecular formula is C36H26N4S. The van der Waals surface area contributed by atoms with Gasteiger partial charge in [-0.1, -0.05) is 48.6 Å². The standard InChI is InChI=1S/C36H26N4S/c37-22-23-6-13-34-28(18-23)16-17-40(34)29-12-15-36-31(20-29)30-19-27(11-14-35(30)41-36)33(39)21-32(38)26-9-7-25(8-10-26)24-4-2-1-3-5-24/h2,4-21,39H,1,3,38H2/b32-21-,39-33?. The van der Waals surface area contributed by atoms with Crippen LogP contribution in [-0.4, -0.2) is 10.3 Å². The number of hydrogen-bond donors (Lipinski definition) is 2. The second-order valence-electron chi connectivity index (χ2n) is 10.3. The zero-order chi connectivity index (χ0) is 27.9. The van der Waals surface area contributed by atoms with E-state index in [0.29, 0.717) is 17.0 Å². The van der Waals surface area contributed by atoms with E-state index < -0.39 is 0 Å². The largest absolute Gasteiger partial charge is 0.398 e. The van der Waals surface area contributed by atoms with E-state index in [2.05, 4.69) is 71.3 Å². The lowest BCUT2D eigenvalue weighted by Gasteiger charge is -2.09. The molecule has 0 fully saturated rings. The van der Waals surface area contributed by atoms with Gasteiger partial charge in [0, 0.05) is 48.7 Å². The van der Waals surface area contributed by atoms with Gasteiger partial charge in [-0.25, -0.2) is 0 Å². The lowest BCUT2D eigenvalue weighted by molar-refractivity contribution is 1.04. The highest BCUT2D eigenvalue weighted by Gasteiger charge is 2.11. The molecule has 0 radical (unpaired) electrons. The summed E-state index contributed by atoms with van der Waals surface area (Å²) in [5.41, 5.74) is 14.4. The number of thiophene rings is 1. The Hall–Kier alpha value is -5.18. The van der Waals surface area contributed by atoms with Crippen molar-refractivity contribution in [2.45, 2.75) is 12.8 Å². The normalized spacial score (nSPS) is 13.5. The fourth-order valence-electron chi connectivity index (χ4n) is 5.52. The van der Waals surface area contributed by atoms with Gasteiger partial charge in [-0.2, -0.15) is 5.26 Å². The number of allylic oxidation sites excluding steroid dienone is 5. The van der Waals surface area contributed by atoms with Gasteiger partial charge in [0.2, 0.25) is 0 Å². The summed E-state index contributed by atoms with van der Waals surface area (Å²) in [6, 6.07) is 31.0. The maximum absolute atomic E-state index is 9.25. The predicted octanol–water partition coefficient (Wildman–Crippen LogP) is 8.97. The molecule has 4 nitrogen and oxygen atoms in total. The van der Waals surface area contributed by atoms with Gasteiger partial charge in [0.05, 0.1) is 22.9 Å². The molecule has 6 aromatic rings. The summed E-state index contributed by atoms with van der Waals surface area (Å²) >= 11 is 1.76. The van der Waals surface area contributed by atoms with Crippen molar-refractivity contribution in [3.63, 3.8) is 0 Å². The molecule has 5 heteroatoms. The maximum Gasteiger partial charge on any atom is 0.0991 e. The van der Waals surface area contributed by atoms with Gasteiger partial charge < -0.3 is 15.7 Å². The van der Waals surface area contributed by atoms with Crippen LogP contribution in [-0.2, 0) is 0 Å². The zero-order valence-corrected chi connectivity index (χ0v) is 23.1. The number of aromatic nitrogens is 1. The van der Waals surface area contributed by atoms with Crippen molar-refractivity contribution in [3.8, 4) is 11.8 Å². The van der Waals surface area contributed by atoms with E-state index in [0.717, 1.165) is 51.3 Å². The average molecular weight is 547 g/mol. The molecule has 1 aliphatic carbocycles. The van der Waals surface area contributed by atoms with Gasteiger partial charge in [0.15, 0.2) is 0 Å². The number of hydrogen-bond acceptors (Lipinski definition) is 4. The molecule has 7 rings (SSSR count). The first-order chi connectivity index (χ1) is 20.1. The van der Waals surface area contributed by atoms with Crippen LogP contribution in [0.25, 0.3) is 48.0 Å². The van der Waals surface area contributed by atoms with Crippen molar-refractivity contribution in [1.82, 2.24) is 4.57 Å². The number of nitrogens with zero attached hydrogens (tertiary/aromatic N) is 2. The molecule has 0 bridgehead atoms. The van der Waals surface area contributed by atoms with E-state index in [1.54, 1.807) is 17.4 Å². The molecule has 2 aromatic heterocycles. The van der Waals surface area contributed by atoms with Crippen molar-refractivity contribution in [2.24, 2.45) is 5.73 Å². The molecule has 0 atom stereocenters. The first-order valence-electron chi connectivity index (χ1n) is 13.6. The molecule has 4 aromatic carbocycles. The summed E-state index contributed by atoms with van der Waals surface area (Å²) in [5.74, 6) is 0. The smallest absolute Gasteiger partial charge is 0.0991 e. The van der Waals surface area contributed by atoms with Crippen LogP contribution in [0.2, 0.25) is 0 Å². The van der Waals surface area contributed by atoms with Crippen LogP contribution in [0.15, 0.2) is 115 Å². The summed E-state index contributed by atoms with van der Waals surface area (Å²) in [5, 5.41) is 21.4. The first-order valence-corrected chi connectivity index (χ1v) is 14.4. The number of nitrogens with one attached hydrogen (secondary N) is 1. The highest BCUT2D eigenvalue weighted by atomic mass is 32.1. The van der Waals surface area contributed by atoms with E-state index in [1.165, 1.54) is 20.5 Å². The molecule has 1 aliphatic rings. The van der Waals surface area contributed by atoms with E-state index in [-0.39, 0.29) is 0 Å². The van der Waals surface area contributed by atoms with E-state index in [4.69, 9.17) is 11.1 Å². The lowest BCUT2D eigenvalue weighted by atomic mass is 9.98. The summed E-state index contributed by atoms with van der Waals surface area (Å²) in [7, 11) is 0. The van der Waals surface area contributed by atoms with E-state index in [9.17, 15) is 5.26 Å². The highest BCUT2D eigenvalue weighted by molar-refractivity contribution is 7.25. The average Bonchev–Trinajstić information content (AvgIpc) is 3.61. The second-order valence-corrected chi connectivity index (χ2v) is 11.4. The monoisotopic (exact) mass is 546 g/mol. The Morgan fingerprint density at radius 2 is 1.66 bits per heavy atom. The molecule has 0 saturated carbocycles. The van der Waals surface area contributed by atoms with Gasteiger partial charge in [-0.15, -0.1) is 11.3 Å². The number of nitrogens with two attached hydrogens (primary N) is 1. The van der Waals surface area contributed by atoms with E-state index >= 15 is 0 Å². The first kappa shape index (κ1) is 24.8. The Bertz CT molecular complexity index is 2130. The Morgan fingerprint density at radius 1 is 0.878 bits per heavy atom. The third-order valence-corrected chi connectivity index (χ3v) is 8.86. The summed E-state index contributed by atoms with van der Waals surface area (Å²) in [4.78, 5) is 0. The Kier molecular flexibility index (Phi) is 6.11. The van der Waals surface area contributed by atoms with Crippen molar-refractivity contribution in [3.05, 3.63) is 138 Å². The van der Waals surface area contributed by atoms with Gasteiger partial charge >= 0.3 is 0 Å². The Balaban J connectivity index is 1.21. The third kappa shape index (κ3) is 4.55. The molecule has 0 aliphatic heterocycles. The quantitative estimate of drug-likeness (QED) is 0.212. The summed E-state index contributed by atoms with van der Waals surface area (Å²) < 4.78 is 4.54. The molecular weight excluding hydrogens is 520 g/mol. The number of nitriles is 1. The van der Waals surface area contributed by atoms with Gasteiger partial charge in [0.1, 0.15) is 0 Å². The minimum absolute atomic E-state index is 0.381. The number of benzene rings is 4. The van der Waals surface area contributed by atoms with Crippen LogP contribution in [0.5, 0.6) is 0 Å². The minimum Gasteiger partial charge on any atom is -0.398 e. The Morgan fingerprint density at radius 3 is 2.44 bits per heavy atom. The van der Waals surface area contributed by atoms with Gasteiger partial charge in [-0.3, -0.25) is 0 Å². The van der Waals surface area contributed by atoms with Crippen molar-refractivity contribution >= 4 is 59.4 Å². The molecule has 0 amide bonds. The minimum atomic E-state index is 0.381. The molecule has 0 saturated heterocycles. The summed E-state index contributed by atoms with van der Waals surface area (Å²) in [6.07, 6.45) is 12.6. The van der Waals surface area contributed by atoms with Crippen molar-refractivity contribution in [1.29, 1.82) is 10.7 Å². The SMILES string of the molecule is N#Cc1ccc2c(ccn2-c2ccc3sc4ccc(C(=N)/C=C(\N)c5ccc(C6=CCCC=C6)cc5)cc4c3c2)c1. The number of rotatable bonds is 5.